The van der Waals surface area contributed by atoms with Crippen LogP contribution < -0.4 is 5.32 Å². The van der Waals surface area contributed by atoms with Crippen LogP contribution in [0.25, 0.3) is 0 Å². The van der Waals surface area contributed by atoms with Gasteiger partial charge in [0, 0.05) is 13.7 Å². The predicted molar refractivity (Wildman–Crippen MR) is 64.5 cm³/mol. The maximum absolute atomic E-state index is 11.4. The van der Waals surface area contributed by atoms with Gasteiger partial charge in [0.05, 0.1) is 10.9 Å². The first-order valence-electron chi connectivity index (χ1n) is 4.81. The van der Waals surface area contributed by atoms with Crippen molar-refractivity contribution in [2.75, 3.05) is 26.9 Å². The number of amides is 1. The van der Waals surface area contributed by atoms with Crippen molar-refractivity contribution >= 4 is 34.8 Å². The smallest absolute Gasteiger partial charge is 0.348 e. The van der Waals surface area contributed by atoms with Gasteiger partial charge in [-0.15, -0.1) is 11.3 Å². The zero-order valence-electron chi connectivity index (χ0n) is 9.20. The topological polar surface area (TPSA) is 64.6 Å². The highest BCUT2D eigenvalue weighted by Gasteiger charge is 2.11. The predicted octanol–water partition coefficient (Wildman–Crippen LogP) is 1.32. The van der Waals surface area contributed by atoms with Gasteiger partial charge in [-0.2, -0.15) is 0 Å². The number of thiophene rings is 1. The quantitative estimate of drug-likeness (QED) is 0.629. The number of esters is 1. The van der Waals surface area contributed by atoms with Crippen LogP contribution in [0, 0.1) is 0 Å². The molecule has 0 aliphatic rings. The minimum Gasteiger partial charge on any atom is -0.451 e. The van der Waals surface area contributed by atoms with Crippen molar-refractivity contribution in [2.45, 2.75) is 0 Å². The number of methoxy groups -OCH3 is 1. The summed E-state index contributed by atoms with van der Waals surface area (Å²) >= 11 is 6.78. The molecule has 5 nitrogen and oxygen atoms in total. The lowest BCUT2D eigenvalue weighted by molar-refractivity contribution is -0.124. The molecule has 0 unspecified atom stereocenters. The molecule has 0 radical (unpaired) electrons. The Morgan fingerprint density at radius 1 is 1.47 bits per heavy atom. The van der Waals surface area contributed by atoms with Gasteiger partial charge in [0.15, 0.2) is 6.61 Å². The van der Waals surface area contributed by atoms with Gasteiger partial charge in [0.25, 0.3) is 5.91 Å². The minimum absolute atomic E-state index is 0.307. The number of carbonyl (C=O) groups is 2. The van der Waals surface area contributed by atoms with E-state index in [0.29, 0.717) is 22.4 Å². The number of hydrogen-bond acceptors (Lipinski definition) is 5. The van der Waals surface area contributed by atoms with Crippen molar-refractivity contribution in [3.8, 4) is 0 Å². The molecule has 0 atom stereocenters. The minimum atomic E-state index is -0.552. The largest absolute Gasteiger partial charge is 0.451 e. The molecule has 0 saturated heterocycles. The first-order valence-corrected chi connectivity index (χ1v) is 6.01. The zero-order chi connectivity index (χ0) is 12.7. The fraction of sp³-hybridized carbons (Fsp3) is 0.400. The monoisotopic (exact) mass is 277 g/mol. The normalized spacial score (nSPS) is 10.0. The first-order chi connectivity index (χ1) is 8.13. The van der Waals surface area contributed by atoms with Gasteiger partial charge in [0.1, 0.15) is 4.88 Å². The summed E-state index contributed by atoms with van der Waals surface area (Å²) in [5.41, 5.74) is 0. The summed E-state index contributed by atoms with van der Waals surface area (Å²) in [6.07, 6.45) is 0. The molecule has 1 aromatic rings. The summed E-state index contributed by atoms with van der Waals surface area (Å²) in [5.74, 6) is -0.915. The second-order valence-corrected chi connectivity index (χ2v) is 4.74. The number of carbonyl (C=O) groups excluding carboxylic acids is 2. The van der Waals surface area contributed by atoms with E-state index in [4.69, 9.17) is 21.1 Å². The van der Waals surface area contributed by atoms with Gasteiger partial charge >= 0.3 is 5.97 Å². The van der Waals surface area contributed by atoms with E-state index in [-0.39, 0.29) is 12.5 Å². The summed E-state index contributed by atoms with van der Waals surface area (Å²) in [4.78, 5) is 23.0. The molecule has 0 aliphatic heterocycles. The SMILES string of the molecule is COCCNC(=O)COC(=O)c1ccc(Cl)s1. The molecule has 0 fully saturated rings. The summed E-state index contributed by atoms with van der Waals surface area (Å²) < 4.78 is 10.0. The van der Waals surface area contributed by atoms with Gasteiger partial charge in [-0.25, -0.2) is 4.79 Å². The lowest BCUT2D eigenvalue weighted by Crippen LogP contribution is -2.31. The van der Waals surface area contributed by atoms with Gasteiger partial charge < -0.3 is 14.8 Å². The summed E-state index contributed by atoms with van der Waals surface area (Å²) in [7, 11) is 1.53. The highest BCUT2D eigenvalue weighted by molar-refractivity contribution is 7.17. The van der Waals surface area contributed by atoms with Crippen molar-refractivity contribution < 1.29 is 19.1 Å². The third-order valence-electron chi connectivity index (χ3n) is 1.74. The molecule has 1 amide bonds. The molecule has 1 heterocycles. The van der Waals surface area contributed by atoms with E-state index in [1.165, 1.54) is 7.11 Å². The van der Waals surface area contributed by atoms with Crippen LogP contribution in [0.1, 0.15) is 9.67 Å². The van der Waals surface area contributed by atoms with Crippen LogP contribution in [0.5, 0.6) is 0 Å². The Morgan fingerprint density at radius 3 is 2.82 bits per heavy atom. The molecule has 1 rings (SSSR count). The van der Waals surface area contributed by atoms with Gasteiger partial charge in [-0.1, -0.05) is 11.6 Å². The Labute approximate surface area is 108 Å². The van der Waals surface area contributed by atoms with Crippen LogP contribution in [0.2, 0.25) is 4.34 Å². The standard InChI is InChI=1S/C10H12ClNO4S/c1-15-5-4-12-9(13)6-16-10(14)7-2-3-8(11)17-7/h2-3H,4-6H2,1H3,(H,12,13). The Hall–Kier alpha value is -1.11. The number of halogens is 1. The van der Waals surface area contributed by atoms with E-state index in [2.05, 4.69) is 5.32 Å². The third kappa shape index (κ3) is 5.16. The molecule has 0 spiro atoms. The first kappa shape index (κ1) is 14.0. The Morgan fingerprint density at radius 2 is 2.24 bits per heavy atom. The van der Waals surface area contributed by atoms with E-state index >= 15 is 0 Å². The molecule has 1 aromatic heterocycles. The Bertz CT molecular complexity index is 393. The second kappa shape index (κ2) is 7.26. The van der Waals surface area contributed by atoms with Crippen LogP contribution in [0.15, 0.2) is 12.1 Å². The maximum atomic E-state index is 11.4. The van der Waals surface area contributed by atoms with Gasteiger partial charge in [-0.3, -0.25) is 4.79 Å². The number of rotatable bonds is 6. The molecule has 0 saturated carbocycles. The molecule has 94 valence electrons. The number of ether oxygens (including phenoxy) is 2. The Kier molecular flexibility index (Phi) is 5.96. The summed E-state index contributed by atoms with van der Waals surface area (Å²) in [6.45, 7) is 0.496. The van der Waals surface area contributed by atoms with E-state index in [1.807, 2.05) is 0 Å². The van der Waals surface area contributed by atoms with Crippen molar-refractivity contribution in [3.63, 3.8) is 0 Å². The number of hydrogen-bond donors (Lipinski definition) is 1. The zero-order valence-corrected chi connectivity index (χ0v) is 10.8. The molecule has 17 heavy (non-hydrogen) atoms. The Balaban J connectivity index is 2.26. The van der Waals surface area contributed by atoms with E-state index in [0.717, 1.165) is 11.3 Å². The van der Waals surface area contributed by atoms with Crippen molar-refractivity contribution in [3.05, 3.63) is 21.3 Å². The van der Waals surface area contributed by atoms with Crippen LogP contribution in [-0.4, -0.2) is 38.7 Å². The van der Waals surface area contributed by atoms with E-state index in [1.54, 1.807) is 12.1 Å². The average Bonchev–Trinajstić information content (AvgIpc) is 2.73. The van der Waals surface area contributed by atoms with Gasteiger partial charge in [-0.05, 0) is 12.1 Å². The fourth-order valence-corrected chi connectivity index (χ4v) is 1.91. The lowest BCUT2D eigenvalue weighted by atomic mass is 10.5. The molecular formula is C10H12ClNO4S. The highest BCUT2D eigenvalue weighted by Crippen LogP contribution is 2.21. The lowest BCUT2D eigenvalue weighted by Gasteiger charge is -2.04. The van der Waals surface area contributed by atoms with Crippen molar-refractivity contribution in [2.24, 2.45) is 0 Å². The second-order valence-electron chi connectivity index (χ2n) is 3.02. The third-order valence-corrected chi connectivity index (χ3v) is 2.95. The fourth-order valence-electron chi connectivity index (χ4n) is 0.970. The van der Waals surface area contributed by atoms with Crippen LogP contribution in [-0.2, 0) is 14.3 Å². The van der Waals surface area contributed by atoms with Gasteiger partial charge in [0.2, 0.25) is 0 Å². The highest BCUT2D eigenvalue weighted by atomic mass is 35.5. The molecular weight excluding hydrogens is 266 g/mol. The van der Waals surface area contributed by atoms with Crippen LogP contribution in [0.4, 0.5) is 0 Å². The average molecular weight is 278 g/mol. The van der Waals surface area contributed by atoms with Crippen molar-refractivity contribution in [1.82, 2.24) is 5.32 Å². The summed E-state index contributed by atoms with van der Waals surface area (Å²) in [6, 6.07) is 3.15. The van der Waals surface area contributed by atoms with Crippen molar-refractivity contribution in [1.29, 1.82) is 0 Å². The molecule has 7 heteroatoms. The van der Waals surface area contributed by atoms with E-state index in [9.17, 15) is 9.59 Å². The molecule has 1 N–H and O–H groups in total. The molecule has 0 aromatic carbocycles. The maximum Gasteiger partial charge on any atom is 0.348 e. The van der Waals surface area contributed by atoms with Crippen LogP contribution in [0.3, 0.4) is 0 Å². The molecule has 0 bridgehead atoms. The van der Waals surface area contributed by atoms with E-state index < -0.39 is 5.97 Å². The molecule has 0 aliphatic carbocycles. The number of nitrogens with one attached hydrogen (secondary N) is 1. The van der Waals surface area contributed by atoms with Crippen LogP contribution >= 0.6 is 22.9 Å². The summed E-state index contributed by atoms with van der Waals surface area (Å²) in [5, 5.41) is 2.53.